The molecule has 0 aliphatic heterocycles. The zero-order valence-electron chi connectivity index (χ0n) is 21.9. The Hall–Kier alpha value is -3.39. The minimum atomic E-state index is 0.561. The topological polar surface area (TPSA) is 26.0 Å². The predicted octanol–water partition coefficient (Wildman–Crippen LogP) is 9.92. The molecule has 2 aromatic heterocycles. The molecule has 1 aliphatic carbocycles. The van der Waals surface area contributed by atoms with Crippen molar-refractivity contribution < 1.29 is 4.42 Å². The molecule has 0 bridgehead atoms. The summed E-state index contributed by atoms with van der Waals surface area (Å²) in [6, 6.07) is 22.1. The Bertz CT molecular complexity index is 1540. The van der Waals surface area contributed by atoms with E-state index in [2.05, 4.69) is 88.4 Å². The first-order valence-electron chi connectivity index (χ1n) is 13.5. The second-order valence-electron chi connectivity index (χ2n) is 10.9. The minimum Gasteiger partial charge on any atom is -0.455 e. The fourth-order valence-corrected chi connectivity index (χ4v) is 6.57. The van der Waals surface area contributed by atoms with Crippen LogP contribution >= 0.6 is 0 Å². The Labute approximate surface area is 214 Å². The van der Waals surface area contributed by atoms with Crippen molar-refractivity contribution in [2.75, 3.05) is 0 Å². The van der Waals surface area contributed by atoms with Crippen LogP contribution in [0.15, 0.2) is 71.3 Å². The molecule has 1 saturated carbocycles. The van der Waals surface area contributed by atoms with Crippen molar-refractivity contribution in [1.29, 1.82) is 0 Å². The molecule has 1 atom stereocenters. The largest absolute Gasteiger partial charge is 0.455 e. The zero-order valence-corrected chi connectivity index (χ0v) is 21.9. The quantitative estimate of drug-likeness (QED) is 0.259. The summed E-state index contributed by atoms with van der Waals surface area (Å²) < 4.78 is 6.58. The van der Waals surface area contributed by atoms with Gasteiger partial charge < -0.3 is 4.42 Å². The first kappa shape index (κ1) is 23.0. The maximum atomic E-state index is 6.58. The summed E-state index contributed by atoms with van der Waals surface area (Å²) >= 11 is 0. The molecule has 2 heteroatoms. The van der Waals surface area contributed by atoms with Gasteiger partial charge in [0, 0.05) is 22.5 Å². The van der Waals surface area contributed by atoms with E-state index in [0.717, 1.165) is 39.1 Å². The summed E-state index contributed by atoms with van der Waals surface area (Å²) in [5.74, 6) is 1.34. The maximum Gasteiger partial charge on any atom is 0.144 e. The number of furan rings is 1. The molecule has 0 N–H and O–H groups in total. The lowest BCUT2D eigenvalue weighted by molar-refractivity contribution is 0.316. The van der Waals surface area contributed by atoms with Gasteiger partial charge >= 0.3 is 0 Å². The number of rotatable bonds is 4. The van der Waals surface area contributed by atoms with E-state index in [1.165, 1.54) is 65.5 Å². The Morgan fingerprint density at radius 2 is 1.61 bits per heavy atom. The van der Waals surface area contributed by atoms with Gasteiger partial charge in [0.1, 0.15) is 11.2 Å². The highest BCUT2D eigenvalue weighted by Gasteiger charge is 2.22. The van der Waals surface area contributed by atoms with Crippen LogP contribution in [-0.2, 0) is 0 Å². The first-order chi connectivity index (χ1) is 17.5. The molecule has 6 rings (SSSR count). The summed E-state index contributed by atoms with van der Waals surface area (Å²) in [7, 11) is 0. The number of benzene rings is 3. The number of aromatic nitrogens is 1. The molecule has 182 valence electrons. The van der Waals surface area contributed by atoms with Crippen LogP contribution < -0.4 is 0 Å². The SMILES string of the molecule is Cc1cc(C)c(-c2ccc3c(c2)oc2c(-c4cc(C(C)C5CCCCC5)ccn4)cccc23)c(C)c1. The van der Waals surface area contributed by atoms with Crippen LogP contribution in [0.1, 0.15) is 67.2 Å². The van der Waals surface area contributed by atoms with Crippen molar-refractivity contribution >= 4 is 21.9 Å². The van der Waals surface area contributed by atoms with Gasteiger partial charge in [-0.1, -0.05) is 62.1 Å². The lowest BCUT2D eigenvalue weighted by atomic mass is 9.78. The van der Waals surface area contributed by atoms with Crippen molar-refractivity contribution in [1.82, 2.24) is 4.98 Å². The van der Waals surface area contributed by atoms with E-state index in [0.29, 0.717) is 5.92 Å². The molecule has 0 spiro atoms. The number of nitrogens with zero attached hydrogens (tertiary/aromatic N) is 1. The molecule has 0 amide bonds. The highest BCUT2D eigenvalue weighted by molar-refractivity contribution is 6.10. The van der Waals surface area contributed by atoms with Crippen molar-refractivity contribution in [3.63, 3.8) is 0 Å². The van der Waals surface area contributed by atoms with E-state index >= 15 is 0 Å². The maximum absolute atomic E-state index is 6.58. The van der Waals surface area contributed by atoms with Crippen molar-refractivity contribution in [2.45, 2.75) is 65.7 Å². The standard InChI is InChI=1S/C34H35NO/c1-21-17-22(2)33(23(3)18-21)27-13-14-28-29-11-8-12-30(34(29)36-32(28)20-27)31-19-26(15-16-35-31)24(4)25-9-6-5-7-10-25/h8,11-20,24-25H,5-7,9-10H2,1-4H3. The second kappa shape index (κ2) is 9.24. The first-order valence-corrected chi connectivity index (χ1v) is 13.5. The van der Waals surface area contributed by atoms with E-state index < -0.39 is 0 Å². The van der Waals surface area contributed by atoms with E-state index in [1.807, 2.05) is 6.20 Å². The number of pyridine rings is 1. The van der Waals surface area contributed by atoms with Crippen LogP contribution in [0.5, 0.6) is 0 Å². The molecular formula is C34H35NO. The van der Waals surface area contributed by atoms with Gasteiger partial charge in [-0.05, 0) is 104 Å². The number of hydrogen-bond donors (Lipinski definition) is 0. The van der Waals surface area contributed by atoms with Crippen molar-refractivity contribution in [2.24, 2.45) is 5.92 Å². The van der Waals surface area contributed by atoms with Gasteiger partial charge in [0.2, 0.25) is 0 Å². The fourth-order valence-electron chi connectivity index (χ4n) is 6.57. The van der Waals surface area contributed by atoms with Crippen LogP contribution in [-0.4, -0.2) is 4.98 Å². The molecule has 1 aliphatic rings. The Morgan fingerprint density at radius 3 is 2.39 bits per heavy atom. The van der Waals surface area contributed by atoms with Gasteiger partial charge in [-0.15, -0.1) is 0 Å². The zero-order chi connectivity index (χ0) is 24.8. The van der Waals surface area contributed by atoms with Crippen molar-refractivity contribution in [3.05, 3.63) is 89.1 Å². The molecule has 2 nitrogen and oxygen atoms in total. The average Bonchev–Trinajstić information content (AvgIpc) is 3.26. The Balaban J connectivity index is 1.43. The third-order valence-corrected chi connectivity index (χ3v) is 8.41. The monoisotopic (exact) mass is 473 g/mol. The third-order valence-electron chi connectivity index (χ3n) is 8.41. The summed E-state index contributed by atoms with van der Waals surface area (Å²) in [6.07, 6.45) is 8.81. The average molecular weight is 474 g/mol. The van der Waals surface area contributed by atoms with E-state index in [-0.39, 0.29) is 0 Å². The Morgan fingerprint density at radius 1 is 0.833 bits per heavy atom. The number of fused-ring (bicyclic) bond motifs is 3. The normalized spacial score (nSPS) is 15.6. The lowest BCUT2D eigenvalue weighted by Crippen LogP contribution is -2.14. The van der Waals surface area contributed by atoms with Gasteiger partial charge in [-0.2, -0.15) is 0 Å². The van der Waals surface area contributed by atoms with Crippen LogP contribution in [0, 0.1) is 26.7 Å². The summed E-state index contributed by atoms with van der Waals surface area (Å²) in [6.45, 7) is 8.95. The molecule has 2 heterocycles. The summed E-state index contributed by atoms with van der Waals surface area (Å²) in [4.78, 5) is 4.79. The van der Waals surface area contributed by atoms with E-state index in [4.69, 9.17) is 9.40 Å². The highest BCUT2D eigenvalue weighted by atomic mass is 16.3. The van der Waals surface area contributed by atoms with Crippen LogP contribution in [0.4, 0.5) is 0 Å². The molecule has 5 aromatic rings. The van der Waals surface area contributed by atoms with Crippen LogP contribution in [0.2, 0.25) is 0 Å². The molecule has 3 aromatic carbocycles. The van der Waals surface area contributed by atoms with Gasteiger partial charge in [0.15, 0.2) is 0 Å². The number of hydrogen-bond acceptors (Lipinski definition) is 2. The molecule has 0 saturated heterocycles. The van der Waals surface area contributed by atoms with Gasteiger partial charge in [-0.25, -0.2) is 0 Å². The summed E-state index contributed by atoms with van der Waals surface area (Å²) in [5.41, 5.74) is 11.7. The Kier molecular flexibility index (Phi) is 5.91. The number of para-hydroxylation sites is 1. The van der Waals surface area contributed by atoms with Gasteiger partial charge in [0.25, 0.3) is 0 Å². The predicted molar refractivity (Wildman–Crippen MR) is 152 cm³/mol. The summed E-state index contributed by atoms with van der Waals surface area (Å²) in [5, 5.41) is 2.31. The molecule has 1 fully saturated rings. The lowest BCUT2D eigenvalue weighted by Gasteiger charge is -2.28. The fraction of sp³-hybridized carbons (Fsp3) is 0.324. The van der Waals surface area contributed by atoms with Crippen molar-refractivity contribution in [3.8, 4) is 22.4 Å². The molecule has 36 heavy (non-hydrogen) atoms. The van der Waals surface area contributed by atoms with Crippen LogP contribution in [0.25, 0.3) is 44.3 Å². The molecule has 1 unspecified atom stereocenters. The van der Waals surface area contributed by atoms with Crippen LogP contribution in [0.3, 0.4) is 0 Å². The minimum absolute atomic E-state index is 0.561. The number of aryl methyl sites for hydroxylation is 3. The smallest absolute Gasteiger partial charge is 0.144 e. The molecular weight excluding hydrogens is 438 g/mol. The highest BCUT2D eigenvalue weighted by Crippen LogP contribution is 2.40. The molecule has 0 radical (unpaired) electrons. The third kappa shape index (κ3) is 4.03. The van der Waals surface area contributed by atoms with E-state index in [1.54, 1.807) is 0 Å². The van der Waals surface area contributed by atoms with E-state index in [9.17, 15) is 0 Å². The van der Waals surface area contributed by atoms with Gasteiger partial charge in [0.05, 0.1) is 5.69 Å². The van der Waals surface area contributed by atoms with Gasteiger partial charge in [-0.3, -0.25) is 4.98 Å². The second-order valence-corrected chi connectivity index (χ2v) is 10.9.